The van der Waals surface area contributed by atoms with Crippen molar-refractivity contribution in [1.29, 1.82) is 0 Å². The van der Waals surface area contributed by atoms with Crippen LogP contribution in [-0.4, -0.2) is 14.3 Å². The summed E-state index contributed by atoms with van der Waals surface area (Å²) in [6, 6.07) is 4.66. The van der Waals surface area contributed by atoms with Crippen LogP contribution in [0, 0.1) is 12.3 Å². The van der Waals surface area contributed by atoms with Gasteiger partial charge in [-0.05, 0) is 31.0 Å². The number of carbonyl (C=O) groups is 1. The fourth-order valence-corrected chi connectivity index (χ4v) is 2.25. The van der Waals surface area contributed by atoms with E-state index in [9.17, 15) is 13.2 Å². The van der Waals surface area contributed by atoms with Crippen molar-refractivity contribution in [3.63, 3.8) is 0 Å². The molecule has 3 N–H and O–H groups in total. The molecule has 1 aromatic carbocycles. The second-order valence-corrected chi connectivity index (χ2v) is 6.75. The van der Waals surface area contributed by atoms with Gasteiger partial charge in [0.05, 0.1) is 4.90 Å². The normalized spacial score (nSPS) is 12.3. The highest BCUT2D eigenvalue weighted by Crippen LogP contribution is 2.24. The first-order valence-electron chi connectivity index (χ1n) is 6.03. The molecule has 0 saturated heterocycles. The highest BCUT2D eigenvalue weighted by Gasteiger charge is 2.25. The summed E-state index contributed by atoms with van der Waals surface area (Å²) in [5.74, 6) is -0.153. The lowest BCUT2D eigenvalue weighted by Crippen LogP contribution is -2.30. The number of rotatable bonds is 4. The van der Waals surface area contributed by atoms with E-state index in [0.29, 0.717) is 17.7 Å². The second-order valence-electron chi connectivity index (χ2n) is 5.22. The van der Waals surface area contributed by atoms with Gasteiger partial charge < -0.3 is 5.32 Å². The van der Waals surface area contributed by atoms with Crippen molar-refractivity contribution in [1.82, 2.24) is 0 Å². The van der Waals surface area contributed by atoms with Gasteiger partial charge in [0, 0.05) is 11.1 Å². The molecule has 0 fully saturated rings. The number of amides is 1. The summed E-state index contributed by atoms with van der Waals surface area (Å²) in [5, 5.41) is 7.84. The van der Waals surface area contributed by atoms with E-state index < -0.39 is 15.4 Å². The molecule has 0 unspecified atom stereocenters. The van der Waals surface area contributed by atoms with Gasteiger partial charge in [-0.3, -0.25) is 4.79 Å². The molecule has 0 aliphatic rings. The van der Waals surface area contributed by atoms with Crippen molar-refractivity contribution < 1.29 is 13.2 Å². The van der Waals surface area contributed by atoms with Crippen LogP contribution in [0.4, 0.5) is 5.69 Å². The Morgan fingerprint density at radius 2 is 1.95 bits per heavy atom. The number of hydrogen-bond acceptors (Lipinski definition) is 3. The molecule has 0 radical (unpaired) electrons. The van der Waals surface area contributed by atoms with Gasteiger partial charge in [-0.25, -0.2) is 13.6 Å². The Morgan fingerprint density at radius 1 is 1.37 bits per heavy atom. The molecule has 5 nitrogen and oxygen atoms in total. The maximum absolute atomic E-state index is 12.0. The van der Waals surface area contributed by atoms with Crippen molar-refractivity contribution in [2.24, 2.45) is 10.6 Å². The molecular formula is C13H20N2O3S. The fraction of sp³-hybridized carbons (Fsp3) is 0.462. The minimum atomic E-state index is -3.78. The molecule has 0 heterocycles. The zero-order chi connectivity index (χ0) is 14.8. The maximum atomic E-state index is 12.0. The number of anilines is 1. The van der Waals surface area contributed by atoms with Gasteiger partial charge in [0.1, 0.15) is 0 Å². The summed E-state index contributed by atoms with van der Waals surface area (Å²) in [5.41, 5.74) is 0.475. The third-order valence-corrected chi connectivity index (χ3v) is 4.30. The van der Waals surface area contributed by atoms with Gasteiger partial charge in [0.2, 0.25) is 15.9 Å². The molecule has 0 bridgehead atoms. The predicted molar refractivity (Wildman–Crippen MR) is 75.3 cm³/mol. The van der Waals surface area contributed by atoms with E-state index in [1.807, 2.05) is 20.8 Å². The Morgan fingerprint density at radius 3 is 2.42 bits per heavy atom. The summed E-state index contributed by atoms with van der Waals surface area (Å²) in [6.45, 7) is 7.24. The van der Waals surface area contributed by atoms with Crippen molar-refractivity contribution >= 4 is 21.6 Å². The van der Waals surface area contributed by atoms with Crippen LogP contribution in [0.5, 0.6) is 0 Å². The second kappa shape index (κ2) is 5.30. The van der Waals surface area contributed by atoms with Gasteiger partial charge in [-0.15, -0.1) is 0 Å². The van der Waals surface area contributed by atoms with Crippen LogP contribution < -0.4 is 10.5 Å². The van der Waals surface area contributed by atoms with Crippen LogP contribution in [0.15, 0.2) is 23.1 Å². The number of primary sulfonamides is 1. The van der Waals surface area contributed by atoms with E-state index >= 15 is 0 Å². The van der Waals surface area contributed by atoms with Crippen molar-refractivity contribution in [2.75, 3.05) is 5.32 Å². The molecule has 0 aliphatic heterocycles. The standard InChI is InChI=1S/C13H20N2O3S/c1-5-13(3,4)12(16)15-10-7-6-9(2)11(8-10)19(14,17)18/h6-8H,5H2,1-4H3,(H,15,16)(H2,14,17,18). The van der Waals surface area contributed by atoms with Crippen molar-refractivity contribution in [3.05, 3.63) is 23.8 Å². The molecule has 106 valence electrons. The number of sulfonamides is 1. The highest BCUT2D eigenvalue weighted by molar-refractivity contribution is 7.89. The van der Waals surface area contributed by atoms with Crippen LogP contribution in [0.3, 0.4) is 0 Å². The maximum Gasteiger partial charge on any atom is 0.238 e. The molecule has 6 heteroatoms. The lowest BCUT2D eigenvalue weighted by molar-refractivity contribution is -0.124. The number of carbonyl (C=O) groups excluding carboxylic acids is 1. The Kier molecular flexibility index (Phi) is 4.37. The summed E-state index contributed by atoms with van der Waals surface area (Å²) < 4.78 is 22.8. The first-order valence-corrected chi connectivity index (χ1v) is 7.57. The lowest BCUT2D eigenvalue weighted by atomic mass is 9.89. The van der Waals surface area contributed by atoms with E-state index in [0.717, 1.165) is 0 Å². The van der Waals surface area contributed by atoms with Gasteiger partial charge in [-0.1, -0.05) is 26.8 Å². The summed E-state index contributed by atoms with van der Waals surface area (Å²) in [4.78, 5) is 12.0. The van der Waals surface area contributed by atoms with Crippen LogP contribution in [0.1, 0.15) is 32.8 Å². The van der Waals surface area contributed by atoms with Gasteiger partial charge >= 0.3 is 0 Å². The first kappa shape index (κ1) is 15.7. The largest absolute Gasteiger partial charge is 0.326 e. The van der Waals surface area contributed by atoms with E-state index in [2.05, 4.69) is 5.32 Å². The van der Waals surface area contributed by atoms with E-state index in [4.69, 9.17) is 5.14 Å². The smallest absolute Gasteiger partial charge is 0.238 e. The molecule has 0 aliphatic carbocycles. The summed E-state index contributed by atoms with van der Waals surface area (Å²) in [6.07, 6.45) is 0.687. The molecule has 0 spiro atoms. The van der Waals surface area contributed by atoms with Crippen molar-refractivity contribution in [3.8, 4) is 0 Å². The molecule has 19 heavy (non-hydrogen) atoms. The summed E-state index contributed by atoms with van der Waals surface area (Å²) >= 11 is 0. The number of hydrogen-bond donors (Lipinski definition) is 2. The van der Waals surface area contributed by atoms with Crippen molar-refractivity contribution in [2.45, 2.75) is 39.0 Å². The average molecular weight is 284 g/mol. The van der Waals surface area contributed by atoms with E-state index in [1.165, 1.54) is 6.07 Å². The Hall–Kier alpha value is -1.40. The highest BCUT2D eigenvalue weighted by atomic mass is 32.2. The molecule has 1 aromatic rings. The molecule has 0 saturated carbocycles. The number of nitrogens with one attached hydrogen (secondary N) is 1. The zero-order valence-electron chi connectivity index (χ0n) is 11.6. The molecule has 0 atom stereocenters. The lowest BCUT2D eigenvalue weighted by Gasteiger charge is -2.21. The minimum Gasteiger partial charge on any atom is -0.326 e. The number of benzene rings is 1. The van der Waals surface area contributed by atoms with Gasteiger partial charge in [-0.2, -0.15) is 0 Å². The monoisotopic (exact) mass is 284 g/mol. The fourth-order valence-electron chi connectivity index (χ4n) is 1.45. The van der Waals surface area contributed by atoms with Gasteiger partial charge in [0.25, 0.3) is 0 Å². The Bertz CT molecular complexity index is 592. The molecule has 1 amide bonds. The third kappa shape index (κ3) is 3.78. The predicted octanol–water partition coefficient (Wildman–Crippen LogP) is 2.02. The van der Waals surface area contributed by atoms with E-state index in [-0.39, 0.29) is 10.8 Å². The van der Waals surface area contributed by atoms with Crippen LogP contribution in [-0.2, 0) is 14.8 Å². The quantitative estimate of drug-likeness (QED) is 0.886. The average Bonchev–Trinajstić information content (AvgIpc) is 2.30. The van der Waals surface area contributed by atoms with Crippen LogP contribution in [0.2, 0.25) is 0 Å². The molecule has 0 aromatic heterocycles. The zero-order valence-corrected chi connectivity index (χ0v) is 12.5. The Labute approximate surface area is 114 Å². The molecular weight excluding hydrogens is 264 g/mol. The number of nitrogens with two attached hydrogens (primary N) is 1. The molecule has 1 rings (SSSR count). The van der Waals surface area contributed by atoms with Gasteiger partial charge in [0.15, 0.2) is 0 Å². The van der Waals surface area contributed by atoms with E-state index in [1.54, 1.807) is 19.1 Å². The SMILES string of the molecule is CCC(C)(C)C(=O)Nc1ccc(C)c(S(N)(=O)=O)c1. The minimum absolute atomic E-state index is 0.0274. The summed E-state index contributed by atoms with van der Waals surface area (Å²) in [7, 11) is -3.78. The van der Waals surface area contributed by atoms with Crippen LogP contribution in [0.25, 0.3) is 0 Å². The third-order valence-electron chi connectivity index (χ3n) is 3.25. The van der Waals surface area contributed by atoms with Crippen LogP contribution >= 0.6 is 0 Å². The first-order chi connectivity index (χ1) is 8.58. The topological polar surface area (TPSA) is 89.3 Å². The number of aryl methyl sites for hydroxylation is 1. The Balaban J connectivity index is 3.09.